The van der Waals surface area contributed by atoms with E-state index < -0.39 is 34.4 Å². The number of anilines is 1. The molecule has 1 atom stereocenters. The molecule has 1 saturated carbocycles. The number of carboxylic acids is 1. The van der Waals surface area contributed by atoms with Crippen LogP contribution in [-0.4, -0.2) is 53.1 Å². The third-order valence-electron chi connectivity index (χ3n) is 6.92. The van der Waals surface area contributed by atoms with Gasteiger partial charge in [0.25, 0.3) is 0 Å². The molecule has 0 spiro atoms. The van der Waals surface area contributed by atoms with Crippen LogP contribution in [0.3, 0.4) is 0 Å². The van der Waals surface area contributed by atoms with Crippen LogP contribution in [0.2, 0.25) is 0 Å². The first-order valence-corrected chi connectivity index (χ1v) is 12.2. The molecule has 0 unspecified atom stereocenters. The van der Waals surface area contributed by atoms with E-state index in [-0.39, 0.29) is 34.3 Å². The summed E-state index contributed by atoms with van der Waals surface area (Å²) >= 11 is 0. The number of nitrogens with one attached hydrogen (secondary N) is 1. The van der Waals surface area contributed by atoms with Crippen LogP contribution < -0.4 is 20.4 Å². The lowest BCUT2D eigenvalue weighted by Crippen LogP contribution is -2.51. The molecule has 2 aliphatic rings. The molecule has 36 heavy (non-hydrogen) atoms. The minimum absolute atomic E-state index is 0.00941. The van der Waals surface area contributed by atoms with Crippen LogP contribution in [0.4, 0.5) is 14.9 Å². The standard InChI is InChI=1S/C26H34FN3O6/c1-25(2,3)36-24(34)28-26(4,5)14-9-10-29(12-14)20-18(27)11-16-19(22(20)35-6)30(15-7-8-15)13-17(21(16)31)23(32)33/h11,13-15H,7-10,12H2,1-6H3,(H,28,34)(H,32,33)/t14-/m1/s1. The number of ether oxygens (including phenoxy) is 2. The molecular formula is C26H34FN3O6. The van der Waals surface area contributed by atoms with Gasteiger partial charge in [0.15, 0.2) is 11.6 Å². The van der Waals surface area contributed by atoms with Crippen LogP contribution in [-0.2, 0) is 4.74 Å². The number of aromatic nitrogens is 1. The van der Waals surface area contributed by atoms with Crippen LogP contribution in [0.25, 0.3) is 10.9 Å². The van der Waals surface area contributed by atoms with Crippen LogP contribution in [0.1, 0.15) is 70.3 Å². The molecule has 1 aromatic heterocycles. The molecule has 2 N–H and O–H groups in total. The molecule has 196 valence electrons. The van der Waals surface area contributed by atoms with Gasteiger partial charge in [0.05, 0.1) is 18.0 Å². The minimum atomic E-state index is -1.35. The predicted octanol–water partition coefficient (Wildman–Crippen LogP) is 4.31. The molecule has 1 saturated heterocycles. The number of halogens is 1. The van der Waals surface area contributed by atoms with E-state index in [0.29, 0.717) is 25.0 Å². The van der Waals surface area contributed by atoms with Gasteiger partial charge < -0.3 is 29.4 Å². The van der Waals surface area contributed by atoms with Gasteiger partial charge in [0.2, 0.25) is 5.43 Å². The van der Waals surface area contributed by atoms with Crippen molar-refractivity contribution in [2.24, 2.45) is 5.92 Å². The molecule has 2 aromatic rings. The number of carboxylic acid groups (broad SMARTS) is 1. The number of carbonyl (C=O) groups excluding carboxylic acids is 1. The number of nitrogens with zero attached hydrogens (tertiary/aromatic N) is 2. The quantitative estimate of drug-likeness (QED) is 0.604. The molecule has 4 rings (SSSR count). The van der Waals surface area contributed by atoms with E-state index in [2.05, 4.69) is 5.32 Å². The van der Waals surface area contributed by atoms with E-state index in [1.165, 1.54) is 13.3 Å². The van der Waals surface area contributed by atoms with Crippen molar-refractivity contribution in [3.05, 3.63) is 33.9 Å². The molecule has 9 nitrogen and oxygen atoms in total. The SMILES string of the molecule is COc1c(N2CC[C@@H](C(C)(C)NC(=O)OC(C)(C)C)C2)c(F)cc2c(=O)c(C(=O)O)cn(C3CC3)c12. The number of hydrogen-bond donors (Lipinski definition) is 2. The molecule has 0 radical (unpaired) electrons. The Morgan fingerprint density at radius 1 is 1.17 bits per heavy atom. The number of benzene rings is 1. The summed E-state index contributed by atoms with van der Waals surface area (Å²) in [7, 11) is 1.42. The third kappa shape index (κ3) is 4.85. The second kappa shape index (κ2) is 8.97. The van der Waals surface area contributed by atoms with Gasteiger partial charge in [0.1, 0.15) is 16.9 Å². The Hall–Kier alpha value is -3.30. The summed E-state index contributed by atoms with van der Waals surface area (Å²) in [6, 6.07) is 1.15. The van der Waals surface area contributed by atoms with Gasteiger partial charge in [-0.1, -0.05) is 0 Å². The first kappa shape index (κ1) is 25.8. The van der Waals surface area contributed by atoms with Crippen molar-refractivity contribution in [1.82, 2.24) is 9.88 Å². The van der Waals surface area contributed by atoms with Crippen molar-refractivity contribution < 1.29 is 28.6 Å². The number of hydrogen-bond acceptors (Lipinski definition) is 6. The lowest BCUT2D eigenvalue weighted by atomic mass is 9.87. The number of rotatable bonds is 6. The van der Waals surface area contributed by atoms with Gasteiger partial charge in [-0.05, 0) is 59.9 Å². The smallest absolute Gasteiger partial charge is 0.408 e. The zero-order chi connectivity index (χ0) is 26.6. The van der Waals surface area contributed by atoms with Gasteiger partial charge in [-0.2, -0.15) is 0 Å². The summed E-state index contributed by atoms with van der Waals surface area (Å²) in [6.07, 6.45) is 3.20. The lowest BCUT2D eigenvalue weighted by Gasteiger charge is -2.34. The summed E-state index contributed by atoms with van der Waals surface area (Å²) in [5.41, 5.74) is -1.73. The van der Waals surface area contributed by atoms with Gasteiger partial charge in [0, 0.05) is 36.8 Å². The summed E-state index contributed by atoms with van der Waals surface area (Å²) in [5, 5.41) is 12.5. The largest absolute Gasteiger partial charge is 0.492 e. The number of aromatic carboxylic acids is 1. The minimum Gasteiger partial charge on any atom is -0.492 e. The highest BCUT2D eigenvalue weighted by Crippen LogP contribution is 2.45. The zero-order valence-electron chi connectivity index (χ0n) is 21.6. The van der Waals surface area contributed by atoms with E-state index in [4.69, 9.17) is 9.47 Å². The summed E-state index contributed by atoms with van der Waals surface area (Å²) in [4.78, 5) is 38.9. The zero-order valence-corrected chi connectivity index (χ0v) is 21.6. The number of methoxy groups -OCH3 is 1. The highest BCUT2D eigenvalue weighted by Gasteiger charge is 2.39. The van der Waals surface area contributed by atoms with E-state index in [9.17, 15) is 19.5 Å². The molecular weight excluding hydrogens is 469 g/mol. The molecule has 2 fully saturated rings. The van der Waals surface area contributed by atoms with Crippen LogP contribution >= 0.6 is 0 Å². The van der Waals surface area contributed by atoms with Crippen LogP contribution in [0.5, 0.6) is 5.75 Å². The number of alkyl carbamates (subject to hydrolysis) is 1. The maximum Gasteiger partial charge on any atom is 0.408 e. The fraction of sp³-hybridized carbons (Fsp3) is 0.577. The molecule has 1 amide bonds. The number of pyridine rings is 1. The molecule has 2 heterocycles. The molecule has 0 bridgehead atoms. The van der Waals surface area contributed by atoms with Crippen molar-refractivity contribution >= 4 is 28.7 Å². The van der Waals surface area contributed by atoms with Gasteiger partial charge >= 0.3 is 12.1 Å². The van der Waals surface area contributed by atoms with Gasteiger partial charge in [-0.25, -0.2) is 14.0 Å². The fourth-order valence-electron chi connectivity index (χ4n) is 4.95. The second-order valence-electron chi connectivity index (χ2n) is 11.2. The first-order chi connectivity index (χ1) is 16.7. The summed E-state index contributed by atoms with van der Waals surface area (Å²) in [5.74, 6) is -1.80. The van der Waals surface area contributed by atoms with Crippen molar-refractivity contribution in [3.8, 4) is 5.75 Å². The maximum atomic E-state index is 15.6. The van der Waals surface area contributed by atoms with Crippen molar-refractivity contribution in [3.63, 3.8) is 0 Å². The van der Waals surface area contributed by atoms with Crippen LogP contribution in [0.15, 0.2) is 17.1 Å². The Balaban J connectivity index is 1.72. The van der Waals surface area contributed by atoms with Gasteiger partial charge in [-0.15, -0.1) is 0 Å². The van der Waals surface area contributed by atoms with Crippen LogP contribution in [0, 0.1) is 11.7 Å². The predicted molar refractivity (Wildman–Crippen MR) is 134 cm³/mol. The topological polar surface area (TPSA) is 110 Å². The second-order valence-corrected chi connectivity index (χ2v) is 11.2. The highest BCUT2D eigenvalue weighted by molar-refractivity contribution is 5.97. The van der Waals surface area contributed by atoms with Crippen molar-refractivity contribution in [1.29, 1.82) is 0 Å². The van der Waals surface area contributed by atoms with E-state index >= 15 is 4.39 Å². The van der Waals surface area contributed by atoms with E-state index in [1.54, 1.807) is 25.3 Å². The Labute approximate surface area is 209 Å². The van der Waals surface area contributed by atoms with Gasteiger partial charge in [-0.3, -0.25) is 4.79 Å². The molecule has 10 heteroatoms. The van der Waals surface area contributed by atoms with Crippen molar-refractivity contribution in [2.45, 2.75) is 71.1 Å². The highest BCUT2D eigenvalue weighted by atomic mass is 19.1. The summed E-state index contributed by atoms with van der Waals surface area (Å²) < 4.78 is 28.4. The average molecular weight is 504 g/mol. The monoisotopic (exact) mass is 503 g/mol. The summed E-state index contributed by atoms with van der Waals surface area (Å²) in [6.45, 7) is 10.2. The van der Waals surface area contributed by atoms with Crippen molar-refractivity contribution in [2.75, 3.05) is 25.1 Å². The maximum absolute atomic E-state index is 15.6. The number of fused-ring (bicyclic) bond motifs is 1. The molecule has 1 aliphatic carbocycles. The van der Waals surface area contributed by atoms with E-state index in [0.717, 1.165) is 18.9 Å². The Kier molecular flexibility index (Phi) is 6.43. The fourth-order valence-corrected chi connectivity index (χ4v) is 4.95. The molecule has 1 aromatic carbocycles. The Morgan fingerprint density at radius 3 is 2.39 bits per heavy atom. The number of carbonyl (C=O) groups is 2. The Bertz CT molecular complexity index is 1280. The number of amides is 1. The lowest BCUT2D eigenvalue weighted by molar-refractivity contribution is 0.0441. The normalized spacial score (nSPS) is 18.4. The Morgan fingerprint density at radius 2 is 1.83 bits per heavy atom. The third-order valence-corrected chi connectivity index (χ3v) is 6.92. The van der Waals surface area contributed by atoms with E-state index in [1.807, 2.05) is 18.7 Å². The first-order valence-electron chi connectivity index (χ1n) is 12.2. The molecule has 1 aliphatic heterocycles. The average Bonchev–Trinajstić information content (AvgIpc) is 3.47.